The normalized spacial score (nSPS) is 13.8. The summed E-state index contributed by atoms with van der Waals surface area (Å²) in [4.78, 5) is 12.4. The van der Waals surface area contributed by atoms with Gasteiger partial charge >= 0.3 is 0 Å². The highest BCUT2D eigenvalue weighted by Gasteiger charge is 2.26. The van der Waals surface area contributed by atoms with Crippen LogP contribution in [0.4, 0.5) is 5.69 Å². The summed E-state index contributed by atoms with van der Waals surface area (Å²) < 4.78 is 1.76. The second-order valence-corrected chi connectivity index (χ2v) is 7.62. The van der Waals surface area contributed by atoms with Crippen molar-refractivity contribution in [1.82, 2.24) is 5.32 Å². The van der Waals surface area contributed by atoms with E-state index < -0.39 is 31.3 Å². The molecule has 0 heterocycles. The van der Waals surface area contributed by atoms with E-state index in [9.17, 15) is 20.1 Å². The molecule has 0 aliphatic carbocycles. The van der Waals surface area contributed by atoms with Gasteiger partial charge in [0.25, 0.3) is 5.91 Å². The van der Waals surface area contributed by atoms with Crippen LogP contribution in [0.2, 0.25) is 0 Å². The van der Waals surface area contributed by atoms with Crippen LogP contribution in [-0.2, 0) is 6.61 Å². The zero-order valence-electron chi connectivity index (χ0n) is 11.2. The van der Waals surface area contributed by atoms with Crippen LogP contribution in [0.3, 0.4) is 0 Å². The summed E-state index contributed by atoms with van der Waals surface area (Å²) in [7, 11) is 0. The van der Waals surface area contributed by atoms with Crippen molar-refractivity contribution in [2.75, 3.05) is 18.9 Å². The molecule has 0 spiro atoms. The third-order valence-electron chi connectivity index (χ3n) is 2.99. The molecule has 1 aromatic carbocycles. The first-order chi connectivity index (χ1) is 10.3. The quantitative estimate of drug-likeness (QED) is 0.191. The fourth-order valence-electron chi connectivity index (χ4n) is 1.71. The summed E-state index contributed by atoms with van der Waals surface area (Å²) >= 11 is 5.89. The van der Waals surface area contributed by atoms with Crippen molar-refractivity contribution in [3.63, 3.8) is 0 Å². The monoisotopic (exact) mass is 648 g/mol. The van der Waals surface area contributed by atoms with E-state index in [1.807, 2.05) is 67.8 Å². The first-order valence-electron chi connectivity index (χ1n) is 6.06. The van der Waals surface area contributed by atoms with Gasteiger partial charge in [-0.25, -0.2) is 0 Å². The predicted molar refractivity (Wildman–Crippen MR) is 106 cm³/mol. The fraction of sp³-hybridized carbons (Fsp3) is 0.417. The molecule has 1 amide bonds. The summed E-state index contributed by atoms with van der Waals surface area (Å²) in [6.07, 6.45) is -1.28. The first kappa shape index (κ1) is 20.6. The molecule has 22 heavy (non-hydrogen) atoms. The van der Waals surface area contributed by atoms with Gasteiger partial charge in [-0.15, -0.1) is 0 Å². The van der Waals surface area contributed by atoms with Crippen molar-refractivity contribution in [3.05, 3.63) is 21.8 Å². The molecule has 7 nitrogen and oxygen atoms in total. The van der Waals surface area contributed by atoms with Gasteiger partial charge in [-0.05, 0) is 67.8 Å². The number of hydrogen-bond acceptors (Lipinski definition) is 6. The Bertz CT molecular complexity index is 570. The fourth-order valence-corrected chi connectivity index (χ4v) is 5.70. The maximum atomic E-state index is 12.4. The van der Waals surface area contributed by atoms with E-state index >= 15 is 0 Å². The van der Waals surface area contributed by atoms with E-state index in [0.717, 1.165) is 0 Å². The number of aliphatic hydroxyl groups excluding tert-OH is 4. The van der Waals surface area contributed by atoms with Gasteiger partial charge in [0.1, 0.15) is 0 Å². The zero-order valence-corrected chi connectivity index (χ0v) is 17.7. The molecule has 7 N–H and O–H groups in total. The van der Waals surface area contributed by atoms with Crippen molar-refractivity contribution < 1.29 is 25.2 Å². The molecule has 1 rings (SSSR count). The Hall–Kier alpha value is 0.520. The van der Waals surface area contributed by atoms with Crippen molar-refractivity contribution in [2.24, 2.45) is 0 Å². The van der Waals surface area contributed by atoms with Crippen molar-refractivity contribution in [3.8, 4) is 0 Å². The van der Waals surface area contributed by atoms with Gasteiger partial charge < -0.3 is 31.5 Å². The Morgan fingerprint density at radius 3 is 2.14 bits per heavy atom. The SMILES string of the molecule is Nc1c(I)c(CO)c(I)c(C(=O)NC(CO)C(O)CO)c1I. The number of carbonyl (C=O) groups excluding carboxylic acids is 1. The predicted octanol–water partition coefficient (Wildman–Crippen LogP) is 0.0188. The van der Waals surface area contributed by atoms with Gasteiger partial charge in [-0.2, -0.15) is 0 Å². The van der Waals surface area contributed by atoms with Crippen LogP contribution in [0, 0.1) is 10.7 Å². The molecule has 2 atom stereocenters. The van der Waals surface area contributed by atoms with Gasteiger partial charge in [0.15, 0.2) is 0 Å². The number of hydrogen-bond donors (Lipinski definition) is 6. The molecule has 10 heteroatoms. The lowest BCUT2D eigenvalue weighted by Gasteiger charge is -2.22. The van der Waals surface area contributed by atoms with Gasteiger partial charge in [0.2, 0.25) is 0 Å². The number of nitrogen functional groups attached to an aromatic ring is 1. The Balaban J connectivity index is 3.26. The molecule has 124 valence electrons. The summed E-state index contributed by atoms with van der Waals surface area (Å²) in [5, 5.41) is 39.6. The molecule has 0 bridgehead atoms. The first-order valence-corrected chi connectivity index (χ1v) is 9.29. The van der Waals surface area contributed by atoms with Crippen LogP contribution in [0.15, 0.2) is 0 Å². The number of amides is 1. The van der Waals surface area contributed by atoms with Crippen LogP contribution in [0.1, 0.15) is 15.9 Å². The molecule has 0 aliphatic heterocycles. The maximum Gasteiger partial charge on any atom is 0.253 e. The van der Waals surface area contributed by atoms with Gasteiger partial charge in [0, 0.05) is 12.7 Å². The average molecular weight is 648 g/mol. The Morgan fingerprint density at radius 1 is 1.09 bits per heavy atom. The molecule has 0 fully saturated rings. The van der Waals surface area contributed by atoms with Crippen molar-refractivity contribution >= 4 is 79.4 Å². The van der Waals surface area contributed by atoms with Crippen molar-refractivity contribution in [1.29, 1.82) is 0 Å². The second kappa shape index (κ2) is 9.12. The van der Waals surface area contributed by atoms with E-state index in [4.69, 9.17) is 10.8 Å². The van der Waals surface area contributed by atoms with E-state index in [0.29, 0.717) is 22.0 Å². The number of anilines is 1. The third-order valence-corrected chi connectivity index (χ3v) is 6.53. The number of carbonyl (C=O) groups is 1. The molecule has 0 saturated heterocycles. The molecular weight excluding hydrogens is 633 g/mol. The van der Waals surface area contributed by atoms with E-state index in [-0.39, 0.29) is 12.2 Å². The number of nitrogens with two attached hydrogens (primary N) is 1. The topological polar surface area (TPSA) is 136 Å². The number of halogens is 3. The highest BCUT2D eigenvalue weighted by atomic mass is 127. The van der Waals surface area contributed by atoms with E-state index in [1.54, 1.807) is 0 Å². The lowest BCUT2D eigenvalue weighted by molar-refractivity contribution is 0.0388. The Kier molecular flexibility index (Phi) is 8.53. The summed E-state index contributed by atoms with van der Waals surface area (Å²) in [6, 6.07) is -0.998. The Labute approximate surface area is 168 Å². The minimum absolute atomic E-state index is 0.263. The van der Waals surface area contributed by atoms with E-state index in [1.165, 1.54) is 0 Å². The highest BCUT2D eigenvalue weighted by molar-refractivity contribution is 14.1. The molecular formula is C12H15I3N2O5. The minimum atomic E-state index is -1.28. The molecule has 0 aromatic heterocycles. The summed E-state index contributed by atoms with van der Waals surface area (Å²) in [6.45, 7) is -1.37. The molecule has 0 saturated carbocycles. The largest absolute Gasteiger partial charge is 0.397 e. The van der Waals surface area contributed by atoms with Crippen LogP contribution in [0.5, 0.6) is 0 Å². The Morgan fingerprint density at radius 2 is 1.68 bits per heavy atom. The van der Waals surface area contributed by atoms with Crippen LogP contribution >= 0.6 is 67.8 Å². The van der Waals surface area contributed by atoms with Crippen LogP contribution in [-0.4, -0.2) is 51.7 Å². The maximum absolute atomic E-state index is 12.4. The van der Waals surface area contributed by atoms with E-state index in [2.05, 4.69) is 5.32 Å². The second-order valence-electron chi connectivity index (χ2n) is 4.38. The summed E-state index contributed by atoms with van der Waals surface area (Å²) in [5.74, 6) is -0.543. The van der Waals surface area contributed by atoms with Crippen LogP contribution in [0.25, 0.3) is 0 Å². The molecule has 0 aliphatic rings. The zero-order chi connectivity index (χ0) is 17.0. The molecule has 1 aromatic rings. The minimum Gasteiger partial charge on any atom is -0.397 e. The van der Waals surface area contributed by atoms with Crippen LogP contribution < -0.4 is 11.1 Å². The lowest BCUT2D eigenvalue weighted by Crippen LogP contribution is -2.47. The van der Waals surface area contributed by atoms with Gasteiger partial charge in [-0.3, -0.25) is 4.79 Å². The number of nitrogens with one attached hydrogen (secondary N) is 1. The van der Waals surface area contributed by atoms with Crippen molar-refractivity contribution in [2.45, 2.75) is 18.8 Å². The molecule has 0 radical (unpaired) electrons. The van der Waals surface area contributed by atoms with Gasteiger partial charge in [0.05, 0.1) is 46.8 Å². The third kappa shape index (κ3) is 4.32. The lowest BCUT2D eigenvalue weighted by atomic mass is 10.1. The van der Waals surface area contributed by atoms with Gasteiger partial charge in [-0.1, -0.05) is 0 Å². The smallest absolute Gasteiger partial charge is 0.253 e. The molecule has 2 unspecified atom stereocenters. The average Bonchev–Trinajstić information content (AvgIpc) is 2.50. The number of benzene rings is 1. The number of aliphatic hydroxyl groups is 4. The standard InChI is InChI=1S/C12H15I3N2O5/c13-8-4(1-18)9(14)11(16)10(15)7(8)12(22)17-5(2-19)6(21)3-20/h5-6,18-21H,1-3,16H2,(H,17,22). The summed E-state index contributed by atoms with van der Waals surface area (Å²) in [5.41, 5.74) is 7.17. The number of rotatable bonds is 6. The highest BCUT2D eigenvalue weighted by Crippen LogP contribution is 2.33.